The van der Waals surface area contributed by atoms with Crippen molar-refractivity contribution in [3.8, 4) is 23.0 Å². The molecule has 0 saturated heterocycles. The van der Waals surface area contributed by atoms with Gasteiger partial charge in [-0.25, -0.2) is 14.8 Å². The lowest BCUT2D eigenvalue weighted by molar-refractivity contribution is -0.0515. The van der Waals surface area contributed by atoms with Gasteiger partial charge in [-0.2, -0.15) is 8.78 Å². The lowest BCUT2D eigenvalue weighted by Crippen LogP contribution is -2.25. The van der Waals surface area contributed by atoms with Gasteiger partial charge in [-0.1, -0.05) is 13.0 Å². The molecule has 4 rings (SSSR count). The molecule has 10 nitrogen and oxygen atoms in total. The molecule has 208 valence electrons. The van der Waals surface area contributed by atoms with Crippen LogP contribution in [0.5, 0.6) is 11.5 Å². The van der Waals surface area contributed by atoms with Crippen molar-refractivity contribution in [1.29, 1.82) is 0 Å². The molecule has 39 heavy (non-hydrogen) atoms. The third-order valence-electron chi connectivity index (χ3n) is 5.76. The molecule has 2 heterocycles. The van der Waals surface area contributed by atoms with E-state index in [1.165, 1.54) is 36.4 Å². The minimum absolute atomic E-state index is 0.0232. The number of carbonyl (C=O) groups excluding carboxylic acids is 2. The number of pyridine rings is 1. The van der Waals surface area contributed by atoms with Crippen molar-refractivity contribution in [3.05, 3.63) is 59.2 Å². The zero-order valence-corrected chi connectivity index (χ0v) is 21.6. The van der Waals surface area contributed by atoms with Gasteiger partial charge in [0.1, 0.15) is 22.8 Å². The van der Waals surface area contributed by atoms with Crippen molar-refractivity contribution in [2.24, 2.45) is 11.7 Å². The van der Waals surface area contributed by atoms with Gasteiger partial charge in [-0.3, -0.25) is 4.79 Å². The number of amides is 1. The lowest BCUT2D eigenvalue weighted by atomic mass is 10.2. The predicted octanol–water partition coefficient (Wildman–Crippen LogP) is 4.64. The molecule has 3 N–H and O–H groups in total. The van der Waals surface area contributed by atoms with E-state index < -0.39 is 24.5 Å². The van der Waals surface area contributed by atoms with Gasteiger partial charge < -0.3 is 29.7 Å². The number of halogens is 2. The highest BCUT2D eigenvalue weighted by Crippen LogP contribution is 2.37. The Kier molecular flexibility index (Phi) is 9.07. The third kappa shape index (κ3) is 7.50. The van der Waals surface area contributed by atoms with Crippen LogP contribution >= 0.6 is 0 Å². The Hall–Kier alpha value is -4.06. The van der Waals surface area contributed by atoms with Crippen LogP contribution in [0, 0.1) is 5.92 Å². The number of oxazole rings is 1. The van der Waals surface area contributed by atoms with Crippen LogP contribution in [-0.4, -0.2) is 41.7 Å². The van der Waals surface area contributed by atoms with E-state index in [2.05, 4.69) is 20.0 Å². The average Bonchev–Trinajstić information content (AvgIpc) is 3.65. The summed E-state index contributed by atoms with van der Waals surface area (Å²) >= 11 is 0. The van der Waals surface area contributed by atoms with Gasteiger partial charge in [0.15, 0.2) is 11.5 Å². The monoisotopic (exact) mass is 544 g/mol. The molecule has 3 aromatic rings. The Morgan fingerprint density at radius 3 is 2.62 bits per heavy atom. The largest absolute Gasteiger partial charge is 0.489 e. The van der Waals surface area contributed by atoms with Crippen LogP contribution in [-0.2, 0) is 11.3 Å². The second kappa shape index (κ2) is 12.7. The van der Waals surface area contributed by atoms with E-state index in [1.54, 1.807) is 6.92 Å². The van der Waals surface area contributed by atoms with Crippen LogP contribution in [0.15, 0.2) is 40.8 Å². The van der Waals surface area contributed by atoms with Gasteiger partial charge in [0.2, 0.25) is 5.89 Å². The molecule has 1 saturated carbocycles. The van der Waals surface area contributed by atoms with Gasteiger partial charge in [-0.15, -0.1) is 0 Å². The quantitative estimate of drug-likeness (QED) is 0.295. The fraction of sp³-hybridized carbons (Fsp3) is 0.407. The summed E-state index contributed by atoms with van der Waals surface area (Å²) in [5, 5.41) is 2.71. The molecule has 2 aromatic heterocycles. The molecule has 1 fully saturated rings. The molecule has 1 atom stereocenters. The van der Waals surface area contributed by atoms with Crippen molar-refractivity contribution in [2.45, 2.75) is 52.3 Å². The number of rotatable bonds is 13. The number of nitrogens with one attached hydrogen (secondary N) is 1. The molecular formula is C27H30F2N4O6. The van der Waals surface area contributed by atoms with Gasteiger partial charge in [0, 0.05) is 5.56 Å². The molecule has 1 aromatic carbocycles. The van der Waals surface area contributed by atoms with E-state index >= 15 is 0 Å². The second-order valence-corrected chi connectivity index (χ2v) is 9.14. The molecule has 1 aliphatic carbocycles. The Morgan fingerprint density at radius 1 is 1.15 bits per heavy atom. The lowest BCUT2D eigenvalue weighted by Gasteiger charge is -2.12. The highest BCUT2D eigenvalue weighted by atomic mass is 19.3. The number of aromatic nitrogens is 2. The maximum atomic E-state index is 12.9. The normalized spacial score (nSPS) is 13.7. The van der Waals surface area contributed by atoms with E-state index in [4.69, 9.17) is 19.6 Å². The first-order valence-electron chi connectivity index (χ1n) is 12.6. The van der Waals surface area contributed by atoms with Crippen LogP contribution in [0.2, 0.25) is 0 Å². The van der Waals surface area contributed by atoms with Crippen LogP contribution < -0.4 is 20.5 Å². The first kappa shape index (κ1) is 28.0. The summed E-state index contributed by atoms with van der Waals surface area (Å²) in [5.74, 6) is -0.185. The number of carbonyl (C=O) groups is 2. The number of nitrogens with zero attached hydrogens (tertiary/aromatic N) is 2. The summed E-state index contributed by atoms with van der Waals surface area (Å²) in [7, 11) is 0. The third-order valence-corrected chi connectivity index (χ3v) is 5.76. The standard InChI is InChI=1S/C27H30F2N4O6/c1-3-11-36-26(35)19-6-4-5-18(32-19)24(34)31-13-20-23(15(2)30)39-25(33-20)17-9-10-21(38-27(28)29)22(12-17)37-14-16-7-8-16/h4-6,9-10,12,15-16,27H,3,7-8,11,13-14,30H2,1-2H3,(H,31,34)/t15-/m0/s1. The molecule has 0 spiro atoms. The Balaban J connectivity index is 1.51. The van der Waals surface area contributed by atoms with Gasteiger partial charge >= 0.3 is 12.6 Å². The van der Waals surface area contributed by atoms with Crippen LogP contribution in [0.25, 0.3) is 11.5 Å². The van der Waals surface area contributed by atoms with Crippen molar-refractivity contribution >= 4 is 11.9 Å². The summed E-state index contributed by atoms with van der Waals surface area (Å²) in [5.41, 5.74) is 6.96. The van der Waals surface area contributed by atoms with Crippen LogP contribution in [0.1, 0.15) is 71.6 Å². The zero-order valence-electron chi connectivity index (χ0n) is 21.6. The molecule has 0 unspecified atom stereocenters. The molecule has 12 heteroatoms. The number of hydrogen-bond acceptors (Lipinski definition) is 9. The number of nitrogens with two attached hydrogens (primary N) is 1. The Morgan fingerprint density at radius 2 is 1.92 bits per heavy atom. The topological polar surface area (TPSA) is 139 Å². The molecular weight excluding hydrogens is 514 g/mol. The number of alkyl halides is 2. The van der Waals surface area contributed by atoms with Crippen molar-refractivity contribution < 1.29 is 37.0 Å². The number of esters is 1. The van der Waals surface area contributed by atoms with Crippen molar-refractivity contribution in [2.75, 3.05) is 13.2 Å². The summed E-state index contributed by atoms with van der Waals surface area (Å²) in [6, 6.07) is 8.33. The highest BCUT2D eigenvalue weighted by Gasteiger charge is 2.24. The fourth-order valence-electron chi connectivity index (χ4n) is 3.61. The SMILES string of the molecule is CCCOC(=O)c1cccc(C(=O)NCc2nc(-c3ccc(OC(F)F)c(OCC4CC4)c3)oc2[C@H](C)N)n1. The van der Waals surface area contributed by atoms with E-state index in [0.717, 1.165) is 12.8 Å². The molecule has 1 aliphatic rings. The first-order chi connectivity index (χ1) is 18.7. The van der Waals surface area contributed by atoms with Gasteiger partial charge in [0.05, 0.1) is 25.8 Å². The van der Waals surface area contributed by atoms with Crippen molar-refractivity contribution in [3.63, 3.8) is 0 Å². The molecule has 0 bridgehead atoms. The fourth-order valence-corrected chi connectivity index (χ4v) is 3.61. The maximum absolute atomic E-state index is 12.9. The zero-order chi connectivity index (χ0) is 27.9. The number of hydrogen-bond donors (Lipinski definition) is 2. The van der Waals surface area contributed by atoms with Gasteiger partial charge in [0.25, 0.3) is 5.91 Å². The van der Waals surface area contributed by atoms with Crippen LogP contribution in [0.4, 0.5) is 8.78 Å². The minimum Gasteiger partial charge on any atom is -0.489 e. The Bertz CT molecular complexity index is 1310. The second-order valence-electron chi connectivity index (χ2n) is 9.14. The average molecular weight is 545 g/mol. The van der Waals surface area contributed by atoms with E-state index in [1.807, 2.05) is 6.92 Å². The Labute approximate surface area is 223 Å². The summed E-state index contributed by atoms with van der Waals surface area (Å²) in [6.45, 7) is 1.17. The summed E-state index contributed by atoms with van der Waals surface area (Å²) in [4.78, 5) is 33.4. The molecule has 0 radical (unpaired) electrons. The molecule has 1 amide bonds. The number of benzene rings is 1. The molecule has 0 aliphatic heterocycles. The summed E-state index contributed by atoms with van der Waals surface area (Å²) in [6.07, 6.45) is 2.72. The minimum atomic E-state index is -3.00. The van der Waals surface area contributed by atoms with E-state index in [9.17, 15) is 18.4 Å². The van der Waals surface area contributed by atoms with E-state index in [-0.39, 0.29) is 41.9 Å². The van der Waals surface area contributed by atoms with Gasteiger partial charge in [-0.05, 0) is 62.4 Å². The highest BCUT2D eigenvalue weighted by molar-refractivity contribution is 5.94. The number of ether oxygens (including phenoxy) is 3. The smallest absolute Gasteiger partial charge is 0.387 e. The van der Waals surface area contributed by atoms with E-state index in [0.29, 0.717) is 36.0 Å². The van der Waals surface area contributed by atoms with Crippen molar-refractivity contribution in [1.82, 2.24) is 15.3 Å². The predicted molar refractivity (Wildman–Crippen MR) is 135 cm³/mol. The first-order valence-corrected chi connectivity index (χ1v) is 12.6. The maximum Gasteiger partial charge on any atom is 0.387 e. The summed E-state index contributed by atoms with van der Waals surface area (Å²) < 4.78 is 47.1. The van der Waals surface area contributed by atoms with Crippen LogP contribution in [0.3, 0.4) is 0 Å².